The van der Waals surface area contributed by atoms with Crippen molar-refractivity contribution >= 4 is 56.6 Å². The summed E-state index contributed by atoms with van der Waals surface area (Å²) in [5.74, 6) is -1.84. The Morgan fingerprint density at radius 3 is 2.53 bits per heavy atom. The Bertz CT molecular complexity index is 1200. The third-order valence-corrected chi connectivity index (χ3v) is 7.94. The quantitative estimate of drug-likeness (QED) is 0.395. The summed E-state index contributed by atoms with van der Waals surface area (Å²) in [7, 11) is 0.305. The monoisotopic (exact) mass is 541 g/mol. The van der Waals surface area contributed by atoms with Gasteiger partial charge in [-0.05, 0) is 37.5 Å². The van der Waals surface area contributed by atoms with Gasteiger partial charge in [0.05, 0.1) is 15.6 Å². The maximum Gasteiger partial charge on any atom is 0.508 e. The molecule has 0 aromatic heterocycles. The number of nitrogens with two attached hydrogens (primary N) is 1. The van der Waals surface area contributed by atoms with Crippen LogP contribution >= 0.6 is 22.1 Å². The van der Waals surface area contributed by atoms with Crippen LogP contribution in [-0.2, 0) is 23.8 Å². The Morgan fingerprint density at radius 1 is 1.22 bits per heavy atom. The van der Waals surface area contributed by atoms with Crippen LogP contribution < -0.4 is 10.6 Å². The lowest BCUT2D eigenvalue weighted by Crippen LogP contribution is -2.40. The van der Waals surface area contributed by atoms with Gasteiger partial charge in [-0.15, -0.1) is 10.5 Å². The number of methoxy groups -OCH3 is 1. The number of carbonyl (C=O) groups excluding carboxylic acids is 4. The molecule has 13 heteroatoms. The number of urea groups is 1. The number of ether oxygens (including phenoxy) is 3. The number of benzene rings is 1. The highest BCUT2D eigenvalue weighted by Gasteiger charge is 2.40. The van der Waals surface area contributed by atoms with Crippen molar-refractivity contribution in [3.8, 4) is 0 Å². The highest BCUT2D eigenvalue weighted by Crippen LogP contribution is 2.44. The number of rotatable bonds is 8. The van der Waals surface area contributed by atoms with E-state index in [4.69, 9.17) is 31.5 Å². The first-order chi connectivity index (χ1) is 17.1. The number of anilines is 1. The number of allylic oxidation sites excluding steroid dienone is 2. The molecule has 0 aliphatic carbocycles. The van der Waals surface area contributed by atoms with E-state index in [1.807, 2.05) is 0 Å². The highest BCUT2D eigenvalue weighted by atomic mass is 35.5. The molecule has 2 unspecified atom stereocenters. The summed E-state index contributed by atoms with van der Waals surface area (Å²) >= 11 is 5.87. The second-order valence-electron chi connectivity index (χ2n) is 7.47. The van der Waals surface area contributed by atoms with Crippen molar-refractivity contribution < 1.29 is 37.8 Å². The van der Waals surface area contributed by atoms with Gasteiger partial charge >= 0.3 is 12.2 Å². The lowest BCUT2D eigenvalue weighted by molar-refractivity contribution is -0.134. The predicted molar refractivity (Wildman–Crippen MR) is 133 cm³/mol. The van der Waals surface area contributed by atoms with Crippen LogP contribution in [-0.4, -0.2) is 73.3 Å². The number of hydrogen-bond donors (Lipinski definition) is 1. The third-order valence-electron chi connectivity index (χ3n) is 5.47. The molecular weight excluding hydrogens is 517 g/mol. The Hall–Kier alpha value is -3.22. The lowest BCUT2D eigenvalue weighted by Gasteiger charge is -2.20. The van der Waals surface area contributed by atoms with Gasteiger partial charge in [0.25, 0.3) is 11.8 Å². The molecule has 2 atom stereocenters. The van der Waals surface area contributed by atoms with Crippen molar-refractivity contribution in [3.63, 3.8) is 0 Å². The molecule has 2 N–H and O–H groups in total. The van der Waals surface area contributed by atoms with Crippen molar-refractivity contribution in [1.29, 1.82) is 0 Å². The van der Waals surface area contributed by atoms with Crippen LogP contribution in [0.15, 0.2) is 34.6 Å². The van der Waals surface area contributed by atoms with Crippen LogP contribution in [0.1, 0.15) is 19.4 Å². The molecule has 0 saturated heterocycles. The number of nitrogens with zero attached hydrogens (tertiary/aromatic N) is 2. The largest absolute Gasteiger partial charge is 0.508 e. The van der Waals surface area contributed by atoms with E-state index in [1.165, 1.54) is 18.1 Å². The van der Waals surface area contributed by atoms with Crippen LogP contribution in [0.3, 0.4) is 0 Å². The van der Waals surface area contributed by atoms with Crippen molar-refractivity contribution in [2.75, 3.05) is 38.3 Å². The van der Waals surface area contributed by atoms with Crippen molar-refractivity contribution in [3.05, 3.63) is 51.0 Å². The summed E-state index contributed by atoms with van der Waals surface area (Å²) in [6.45, 7) is 3.82. The average molecular weight is 542 g/mol. The molecule has 1 aromatic rings. The maximum atomic E-state index is 14.3. The number of primary amides is 1. The number of carbonyl (C=O) groups is 4. The van der Waals surface area contributed by atoms with E-state index in [-0.39, 0.29) is 33.7 Å². The molecular formula is C23H25ClFN3O7S. The van der Waals surface area contributed by atoms with E-state index in [0.29, 0.717) is 18.0 Å². The van der Waals surface area contributed by atoms with Crippen LogP contribution in [0.25, 0.3) is 0 Å². The van der Waals surface area contributed by atoms with Gasteiger partial charge in [-0.1, -0.05) is 17.7 Å². The smallest absolute Gasteiger partial charge is 0.431 e. The molecule has 1 aromatic carbocycles. The van der Waals surface area contributed by atoms with Crippen molar-refractivity contribution in [1.82, 2.24) is 4.90 Å². The lowest BCUT2D eigenvalue weighted by atomic mass is 10.1. The minimum Gasteiger partial charge on any atom is -0.431 e. The molecule has 0 saturated carbocycles. The molecule has 3 rings (SSSR count). The van der Waals surface area contributed by atoms with E-state index in [0.717, 1.165) is 11.0 Å². The molecule has 0 bridgehead atoms. The van der Waals surface area contributed by atoms with E-state index >= 15 is 0 Å². The highest BCUT2D eigenvalue weighted by molar-refractivity contribution is 8.23. The molecule has 4 amide bonds. The fraction of sp³-hybridized carbons (Fsp3) is 0.348. The summed E-state index contributed by atoms with van der Waals surface area (Å²) in [5.41, 5.74) is 5.65. The number of amides is 4. The van der Waals surface area contributed by atoms with E-state index in [9.17, 15) is 23.6 Å². The molecule has 36 heavy (non-hydrogen) atoms. The number of fused-ring (bicyclic) bond motifs is 1. The Balaban J connectivity index is 1.82. The van der Waals surface area contributed by atoms with Gasteiger partial charge in [-0.3, -0.25) is 9.59 Å². The fourth-order valence-electron chi connectivity index (χ4n) is 3.70. The van der Waals surface area contributed by atoms with Crippen LogP contribution in [0, 0.1) is 5.82 Å². The van der Waals surface area contributed by atoms with Crippen molar-refractivity contribution in [2.45, 2.75) is 20.0 Å². The first-order valence-electron chi connectivity index (χ1n) is 10.9. The summed E-state index contributed by atoms with van der Waals surface area (Å²) in [6.07, 6.45) is 1.48. The normalized spacial score (nSPS) is 18.1. The number of halogens is 2. The first-order valence-corrected chi connectivity index (χ1v) is 12.5. The predicted octanol–water partition coefficient (Wildman–Crippen LogP) is 3.14. The van der Waals surface area contributed by atoms with Crippen LogP contribution in [0.2, 0.25) is 5.02 Å². The topological polar surface area (TPSA) is 128 Å². The zero-order valence-corrected chi connectivity index (χ0v) is 21.4. The molecule has 2 heterocycles. The van der Waals surface area contributed by atoms with Gasteiger partial charge in [-0.2, -0.15) is 0 Å². The number of hydrogen-bond acceptors (Lipinski definition) is 7. The molecule has 0 fully saturated rings. The number of likely N-dealkylation sites (N-methyl/N-ethyl adjacent to an activating group) is 1. The van der Waals surface area contributed by atoms with Crippen LogP contribution in [0.4, 0.5) is 19.7 Å². The summed E-state index contributed by atoms with van der Waals surface area (Å²) in [4.78, 5) is 52.1. The number of imide groups is 1. The zero-order chi connectivity index (χ0) is 26.6. The molecule has 0 spiro atoms. The molecule has 0 radical (unpaired) electrons. The van der Waals surface area contributed by atoms with Gasteiger partial charge in [0.1, 0.15) is 18.5 Å². The van der Waals surface area contributed by atoms with E-state index in [1.54, 1.807) is 31.4 Å². The Labute approximate surface area is 214 Å². The SMILES string of the molecule is CCN(CC)C(=O)COC(=O)OCC(OC)C1=CC=CS1=C1C(=O)N(C(N)=O)c2cc(Cl)c(F)cc21. The fourth-order valence-corrected chi connectivity index (χ4v) is 5.98. The summed E-state index contributed by atoms with van der Waals surface area (Å²) < 4.78 is 29.8. The molecule has 194 valence electrons. The zero-order valence-electron chi connectivity index (χ0n) is 19.8. The minimum atomic E-state index is -1.08. The Kier molecular flexibility index (Phi) is 8.88. The van der Waals surface area contributed by atoms with Gasteiger partial charge in [0.15, 0.2) is 6.61 Å². The Morgan fingerprint density at radius 2 is 1.92 bits per heavy atom. The second-order valence-corrected chi connectivity index (χ2v) is 9.70. The summed E-state index contributed by atoms with van der Waals surface area (Å²) in [6, 6.07) is 1.21. The average Bonchev–Trinajstić information content (AvgIpc) is 3.41. The first kappa shape index (κ1) is 27.4. The van der Waals surface area contributed by atoms with Crippen molar-refractivity contribution in [2.24, 2.45) is 5.73 Å². The van der Waals surface area contributed by atoms with Gasteiger partial charge in [0, 0.05) is 30.7 Å². The minimum absolute atomic E-state index is 0.0766. The van der Waals surface area contributed by atoms with Crippen LogP contribution in [0.5, 0.6) is 0 Å². The standard InChI is InChI=1S/C23H25ClFN3O7S/c1-4-27(5-2)19(29)12-35-23(32)34-11-17(33-3)18-7-6-8-36(18)20-13-9-15(25)14(24)10-16(13)28(21(20)30)22(26)31/h6-10,17H,4-5,11-12H2,1-3H3,(H2,26,31). The summed E-state index contributed by atoms with van der Waals surface area (Å²) in [5, 5.41) is 1.42. The molecule has 2 aliphatic rings. The third kappa shape index (κ3) is 5.45. The van der Waals surface area contributed by atoms with Gasteiger partial charge in [0.2, 0.25) is 0 Å². The van der Waals surface area contributed by atoms with Gasteiger partial charge in [-0.25, -0.2) is 18.9 Å². The van der Waals surface area contributed by atoms with Gasteiger partial charge < -0.3 is 24.8 Å². The van der Waals surface area contributed by atoms with E-state index < -0.39 is 47.1 Å². The molecule has 10 nitrogen and oxygen atoms in total. The van der Waals surface area contributed by atoms with E-state index in [2.05, 4.69) is 0 Å². The maximum absolute atomic E-state index is 14.3. The molecule has 2 aliphatic heterocycles. The second kappa shape index (κ2) is 11.7.